The number of nitrogens with one attached hydrogen (secondary N) is 1. The summed E-state index contributed by atoms with van der Waals surface area (Å²) in [7, 11) is 0. The van der Waals surface area contributed by atoms with Gasteiger partial charge in [-0.2, -0.15) is 0 Å². The maximum Gasteiger partial charge on any atom is 0.180 e. The number of aromatic nitrogens is 1. The van der Waals surface area contributed by atoms with Crippen LogP contribution in [0.5, 0.6) is 0 Å². The van der Waals surface area contributed by atoms with Crippen LogP contribution in [0.4, 0.5) is 4.39 Å². The summed E-state index contributed by atoms with van der Waals surface area (Å²) < 4.78 is 18.0. The van der Waals surface area contributed by atoms with Crippen molar-refractivity contribution in [1.82, 2.24) is 10.3 Å². The van der Waals surface area contributed by atoms with Crippen LogP contribution in [0.1, 0.15) is 16.9 Å². The summed E-state index contributed by atoms with van der Waals surface area (Å²) in [4.78, 5) is 3.83. The highest BCUT2D eigenvalue weighted by molar-refractivity contribution is 5.26. The monoisotopic (exact) mass is 234 g/mol. The van der Waals surface area contributed by atoms with Gasteiger partial charge in [-0.15, -0.1) is 0 Å². The zero-order chi connectivity index (χ0) is 12.1. The molecule has 0 aliphatic carbocycles. The molecule has 0 saturated carbocycles. The highest BCUT2D eigenvalue weighted by Crippen LogP contribution is 2.10. The normalized spacial score (nSPS) is 10.7. The largest absolute Gasteiger partial charge is 0.447 e. The Morgan fingerprint density at radius 1 is 1.41 bits per heavy atom. The van der Waals surface area contributed by atoms with Crippen molar-refractivity contribution < 1.29 is 8.81 Å². The molecule has 90 valence electrons. The van der Waals surface area contributed by atoms with Crippen LogP contribution >= 0.6 is 0 Å². The molecule has 0 aliphatic rings. The topological polar surface area (TPSA) is 38.1 Å². The van der Waals surface area contributed by atoms with Gasteiger partial charge in [0.25, 0.3) is 0 Å². The Morgan fingerprint density at radius 2 is 2.29 bits per heavy atom. The van der Waals surface area contributed by atoms with Gasteiger partial charge in [0.05, 0.1) is 12.7 Å². The fourth-order valence-corrected chi connectivity index (χ4v) is 1.70. The Morgan fingerprint density at radius 3 is 3.00 bits per heavy atom. The summed E-state index contributed by atoms with van der Waals surface area (Å²) in [5, 5.41) is 3.25. The summed E-state index contributed by atoms with van der Waals surface area (Å²) in [6.45, 7) is 3.42. The SMILES string of the molecule is Cc1cc(F)ccc1CCNCc1cnco1. The van der Waals surface area contributed by atoms with Gasteiger partial charge in [0.2, 0.25) is 0 Å². The molecule has 0 fully saturated rings. The van der Waals surface area contributed by atoms with E-state index in [2.05, 4.69) is 10.3 Å². The zero-order valence-corrected chi connectivity index (χ0v) is 9.74. The van der Waals surface area contributed by atoms with E-state index >= 15 is 0 Å². The van der Waals surface area contributed by atoms with Gasteiger partial charge in [0, 0.05) is 0 Å². The Balaban J connectivity index is 1.78. The van der Waals surface area contributed by atoms with Gasteiger partial charge in [-0.1, -0.05) is 6.07 Å². The lowest BCUT2D eigenvalue weighted by Gasteiger charge is -2.06. The van der Waals surface area contributed by atoms with Gasteiger partial charge in [-0.3, -0.25) is 0 Å². The fraction of sp³-hybridized carbons (Fsp3) is 0.308. The van der Waals surface area contributed by atoms with Gasteiger partial charge in [-0.25, -0.2) is 9.37 Å². The Labute approximate surface area is 99.7 Å². The van der Waals surface area contributed by atoms with Crippen LogP contribution in [0, 0.1) is 12.7 Å². The van der Waals surface area contributed by atoms with E-state index < -0.39 is 0 Å². The van der Waals surface area contributed by atoms with Crippen LogP contribution in [0.15, 0.2) is 35.2 Å². The van der Waals surface area contributed by atoms with Gasteiger partial charge in [-0.05, 0) is 43.1 Å². The first kappa shape index (κ1) is 11.8. The predicted molar refractivity (Wildman–Crippen MR) is 63.1 cm³/mol. The molecule has 0 unspecified atom stereocenters. The summed E-state index contributed by atoms with van der Waals surface area (Å²) in [5.74, 6) is 0.640. The Bertz CT molecular complexity index is 468. The van der Waals surface area contributed by atoms with Crippen LogP contribution < -0.4 is 5.32 Å². The van der Waals surface area contributed by atoms with Crippen molar-refractivity contribution >= 4 is 0 Å². The second kappa shape index (κ2) is 5.59. The molecular weight excluding hydrogens is 219 g/mol. The number of hydrogen-bond donors (Lipinski definition) is 1. The van der Waals surface area contributed by atoms with Crippen LogP contribution in [0.25, 0.3) is 0 Å². The van der Waals surface area contributed by atoms with Crippen LogP contribution in [0.2, 0.25) is 0 Å². The summed E-state index contributed by atoms with van der Waals surface area (Å²) in [5.41, 5.74) is 2.16. The number of halogens is 1. The van der Waals surface area contributed by atoms with E-state index in [1.807, 2.05) is 13.0 Å². The fourth-order valence-electron chi connectivity index (χ4n) is 1.70. The van der Waals surface area contributed by atoms with Gasteiger partial charge < -0.3 is 9.73 Å². The Hall–Kier alpha value is -1.68. The van der Waals surface area contributed by atoms with Crippen molar-refractivity contribution in [2.45, 2.75) is 19.9 Å². The molecule has 2 aromatic rings. The first-order valence-corrected chi connectivity index (χ1v) is 5.59. The minimum Gasteiger partial charge on any atom is -0.447 e. The highest BCUT2D eigenvalue weighted by atomic mass is 19.1. The number of hydrogen-bond acceptors (Lipinski definition) is 3. The second-order valence-corrected chi connectivity index (χ2v) is 3.97. The summed E-state index contributed by atoms with van der Waals surface area (Å²) >= 11 is 0. The summed E-state index contributed by atoms with van der Waals surface area (Å²) in [6.07, 6.45) is 3.98. The quantitative estimate of drug-likeness (QED) is 0.807. The molecule has 1 aromatic carbocycles. The average Bonchev–Trinajstić information content (AvgIpc) is 2.79. The molecule has 0 saturated heterocycles. The highest BCUT2D eigenvalue weighted by Gasteiger charge is 2.00. The van der Waals surface area contributed by atoms with E-state index in [1.165, 1.54) is 12.5 Å². The minimum absolute atomic E-state index is 0.180. The smallest absolute Gasteiger partial charge is 0.180 e. The van der Waals surface area contributed by atoms with E-state index in [0.29, 0.717) is 6.54 Å². The van der Waals surface area contributed by atoms with Crippen LogP contribution in [-0.2, 0) is 13.0 Å². The first-order chi connectivity index (χ1) is 8.25. The maximum atomic E-state index is 12.9. The van der Waals surface area contributed by atoms with Crippen molar-refractivity contribution in [3.63, 3.8) is 0 Å². The van der Waals surface area contributed by atoms with E-state index in [1.54, 1.807) is 12.3 Å². The molecule has 1 aromatic heterocycles. The molecular formula is C13H15FN2O. The third kappa shape index (κ3) is 3.39. The zero-order valence-electron chi connectivity index (χ0n) is 9.74. The second-order valence-electron chi connectivity index (χ2n) is 3.97. The third-order valence-corrected chi connectivity index (χ3v) is 2.66. The van der Waals surface area contributed by atoms with Gasteiger partial charge in [0.15, 0.2) is 6.39 Å². The van der Waals surface area contributed by atoms with Gasteiger partial charge in [0.1, 0.15) is 11.6 Å². The molecule has 0 aliphatic heterocycles. The summed E-state index contributed by atoms with van der Waals surface area (Å²) in [6, 6.07) is 4.89. The minimum atomic E-state index is -0.180. The molecule has 0 atom stereocenters. The lowest BCUT2D eigenvalue weighted by atomic mass is 10.1. The van der Waals surface area contributed by atoms with Crippen LogP contribution in [0.3, 0.4) is 0 Å². The van der Waals surface area contributed by atoms with Crippen LogP contribution in [-0.4, -0.2) is 11.5 Å². The lowest BCUT2D eigenvalue weighted by Crippen LogP contribution is -2.16. The first-order valence-electron chi connectivity index (χ1n) is 5.59. The molecule has 1 N–H and O–H groups in total. The number of oxazole rings is 1. The van der Waals surface area contributed by atoms with Crippen molar-refractivity contribution in [3.8, 4) is 0 Å². The average molecular weight is 234 g/mol. The van der Waals surface area contributed by atoms with Crippen molar-refractivity contribution in [1.29, 1.82) is 0 Å². The molecule has 3 nitrogen and oxygen atoms in total. The molecule has 2 rings (SSSR count). The predicted octanol–water partition coefficient (Wildman–Crippen LogP) is 2.45. The van der Waals surface area contributed by atoms with E-state index in [-0.39, 0.29) is 5.82 Å². The number of rotatable bonds is 5. The van der Waals surface area contributed by atoms with Crippen molar-refractivity contribution in [3.05, 3.63) is 53.5 Å². The maximum absolute atomic E-state index is 12.9. The van der Waals surface area contributed by atoms with Crippen molar-refractivity contribution in [2.75, 3.05) is 6.54 Å². The molecule has 0 radical (unpaired) electrons. The molecule has 4 heteroatoms. The van der Waals surface area contributed by atoms with E-state index in [0.717, 1.165) is 29.9 Å². The molecule has 0 spiro atoms. The van der Waals surface area contributed by atoms with E-state index in [9.17, 15) is 4.39 Å². The molecule has 0 amide bonds. The van der Waals surface area contributed by atoms with Gasteiger partial charge >= 0.3 is 0 Å². The molecule has 1 heterocycles. The molecule has 17 heavy (non-hydrogen) atoms. The Kier molecular flexibility index (Phi) is 3.88. The van der Waals surface area contributed by atoms with E-state index in [4.69, 9.17) is 4.42 Å². The van der Waals surface area contributed by atoms with Crippen molar-refractivity contribution in [2.24, 2.45) is 0 Å². The molecule has 0 bridgehead atoms. The number of benzene rings is 1. The third-order valence-electron chi connectivity index (χ3n) is 2.66. The number of aryl methyl sites for hydroxylation is 1. The lowest BCUT2D eigenvalue weighted by molar-refractivity contribution is 0.480. The standard InChI is InChI=1S/C13H15FN2O/c1-10-6-12(14)3-2-11(10)4-5-15-7-13-8-16-9-17-13/h2-3,6,8-9,15H,4-5,7H2,1H3. The number of nitrogens with zero attached hydrogens (tertiary/aromatic N) is 1.